The minimum Gasteiger partial charge on any atom is -0.434 e. The van der Waals surface area contributed by atoms with Gasteiger partial charge in [-0.2, -0.15) is 4.98 Å². The molecule has 1 N–H and O–H groups in total. The third-order valence-electron chi connectivity index (χ3n) is 3.58. The Morgan fingerprint density at radius 3 is 2.65 bits per heavy atom. The van der Waals surface area contributed by atoms with Gasteiger partial charge in [-0.3, -0.25) is 5.32 Å². The lowest BCUT2D eigenvalue weighted by Gasteiger charge is -2.09. The number of anilines is 1. The van der Waals surface area contributed by atoms with E-state index in [4.69, 9.17) is 20.8 Å². The molecule has 0 aliphatic rings. The first-order chi connectivity index (χ1) is 12.7. The number of para-hydroxylation sites is 1. The summed E-state index contributed by atoms with van der Waals surface area (Å²) in [5.41, 5.74) is 2.21. The van der Waals surface area contributed by atoms with Crippen molar-refractivity contribution in [3.63, 3.8) is 0 Å². The second-order valence-electron chi connectivity index (χ2n) is 5.36. The highest BCUT2D eigenvalue weighted by Gasteiger charge is 2.15. The lowest BCUT2D eigenvalue weighted by atomic mass is 10.2. The molecule has 0 saturated carbocycles. The van der Waals surface area contributed by atoms with E-state index in [9.17, 15) is 4.79 Å². The van der Waals surface area contributed by atoms with Gasteiger partial charge in [-0.05, 0) is 48.5 Å². The molecule has 0 radical (unpaired) electrons. The van der Waals surface area contributed by atoms with Crippen molar-refractivity contribution in [1.82, 2.24) is 9.97 Å². The SMILES string of the molecule is O=C(Nc1ccccc1-c1nc2ncccc2o1)Oc1ccc(Cl)cc1. The number of aromatic nitrogens is 2. The van der Waals surface area contributed by atoms with Crippen molar-refractivity contribution in [3.8, 4) is 17.2 Å². The number of benzene rings is 2. The number of hydrogen-bond donors (Lipinski definition) is 1. The minimum atomic E-state index is -0.631. The van der Waals surface area contributed by atoms with Crippen molar-refractivity contribution in [1.29, 1.82) is 0 Å². The molecule has 2 heterocycles. The summed E-state index contributed by atoms with van der Waals surface area (Å²) in [5.74, 6) is 0.747. The molecule has 4 rings (SSSR count). The number of rotatable bonds is 3. The molecule has 0 atom stereocenters. The molecule has 2 aromatic carbocycles. The molecule has 0 unspecified atom stereocenters. The van der Waals surface area contributed by atoms with Gasteiger partial charge in [0.25, 0.3) is 0 Å². The van der Waals surface area contributed by atoms with Crippen LogP contribution in [-0.4, -0.2) is 16.1 Å². The predicted molar refractivity (Wildman–Crippen MR) is 98.3 cm³/mol. The Labute approximate surface area is 153 Å². The zero-order valence-electron chi connectivity index (χ0n) is 13.3. The summed E-state index contributed by atoms with van der Waals surface area (Å²) in [6.45, 7) is 0. The highest BCUT2D eigenvalue weighted by atomic mass is 35.5. The van der Waals surface area contributed by atoms with E-state index in [2.05, 4.69) is 15.3 Å². The first kappa shape index (κ1) is 16.1. The van der Waals surface area contributed by atoms with Crippen LogP contribution in [0.15, 0.2) is 71.3 Å². The number of amides is 1. The number of fused-ring (bicyclic) bond motifs is 1. The maximum absolute atomic E-state index is 12.2. The molecule has 128 valence electrons. The Morgan fingerprint density at radius 1 is 1.04 bits per heavy atom. The maximum atomic E-state index is 12.2. The number of pyridine rings is 1. The Morgan fingerprint density at radius 2 is 1.85 bits per heavy atom. The quantitative estimate of drug-likeness (QED) is 0.543. The van der Waals surface area contributed by atoms with Crippen LogP contribution in [0.2, 0.25) is 5.02 Å². The number of nitrogens with zero attached hydrogens (tertiary/aromatic N) is 2. The molecule has 4 aromatic rings. The molecule has 0 spiro atoms. The van der Waals surface area contributed by atoms with Gasteiger partial charge >= 0.3 is 6.09 Å². The average molecular weight is 366 g/mol. The molecular formula is C19H12ClN3O3. The van der Waals surface area contributed by atoms with E-state index < -0.39 is 6.09 Å². The normalized spacial score (nSPS) is 10.7. The van der Waals surface area contributed by atoms with E-state index in [1.54, 1.807) is 60.8 Å². The van der Waals surface area contributed by atoms with Crippen LogP contribution >= 0.6 is 11.6 Å². The molecule has 0 fully saturated rings. The summed E-state index contributed by atoms with van der Waals surface area (Å²) in [7, 11) is 0. The summed E-state index contributed by atoms with van der Waals surface area (Å²) < 4.78 is 11.0. The average Bonchev–Trinajstić information content (AvgIpc) is 3.08. The number of ether oxygens (including phenoxy) is 1. The second kappa shape index (κ2) is 6.85. The van der Waals surface area contributed by atoms with Crippen molar-refractivity contribution >= 4 is 34.6 Å². The highest BCUT2D eigenvalue weighted by Crippen LogP contribution is 2.29. The largest absolute Gasteiger partial charge is 0.434 e. The Balaban J connectivity index is 1.59. The summed E-state index contributed by atoms with van der Waals surface area (Å²) in [6.07, 6.45) is 1.01. The van der Waals surface area contributed by atoms with Crippen LogP contribution in [0.3, 0.4) is 0 Å². The Kier molecular flexibility index (Phi) is 4.25. The maximum Gasteiger partial charge on any atom is 0.417 e. The first-order valence-electron chi connectivity index (χ1n) is 7.74. The molecular weight excluding hydrogens is 354 g/mol. The van der Waals surface area contributed by atoms with Crippen LogP contribution in [0.25, 0.3) is 22.7 Å². The van der Waals surface area contributed by atoms with Gasteiger partial charge in [0, 0.05) is 11.2 Å². The third-order valence-corrected chi connectivity index (χ3v) is 3.84. The molecule has 0 aliphatic carbocycles. The summed E-state index contributed by atoms with van der Waals surface area (Å²) in [5, 5.41) is 3.26. The van der Waals surface area contributed by atoms with Crippen LogP contribution in [0.1, 0.15) is 0 Å². The molecule has 26 heavy (non-hydrogen) atoms. The molecule has 6 nitrogen and oxygen atoms in total. The molecule has 1 amide bonds. The number of halogens is 1. The van der Waals surface area contributed by atoms with Crippen LogP contribution < -0.4 is 10.1 Å². The number of nitrogens with one attached hydrogen (secondary N) is 1. The molecule has 0 aliphatic heterocycles. The van der Waals surface area contributed by atoms with Crippen LogP contribution in [-0.2, 0) is 0 Å². The lowest BCUT2D eigenvalue weighted by Crippen LogP contribution is -2.17. The summed E-state index contributed by atoms with van der Waals surface area (Å²) >= 11 is 5.82. The number of hydrogen-bond acceptors (Lipinski definition) is 5. The molecule has 0 bridgehead atoms. The van der Waals surface area contributed by atoms with Crippen LogP contribution in [0.5, 0.6) is 5.75 Å². The number of carbonyl (C=O) groups excluding carboxylic acids is 1. The first-order valence-corrected chi connectivity index (χ1v) is 8.12. The van der Waals surface area contributed by atoms with Gasteiger partial charge in [-0.1, -0.05) is 23.7 Å². The lowest BCUT2D eigenvalue weighted by molar-refractivity contribution is 0.215. The smallest absolute Gasteiger partial charge is 0.417 e. The fourth-order valence-corrected chi connectivity index (χ4v) is 2.53. The van der Waals surface area contributed by atoms with Crippen LogP contribution in [0.4, 0.5) is 10.5 Å². The summed E-state index contributed by atoms with van der Waals surface area (Å²) in [4.78, 5) is 20.7. The van der Waals surface area contributed by atoms with E-state index >= 15 is 0 Å². The number of carbonyl (C=O) groups is 1. The molecule has 7 heteroatoms. The van der Waals surface area contributed by atoms with Crippen molar-refractivity contribution in [3.05, 3.63) is 71.9 Å². The molecule has 0 saturated heterocycles. The summed E-state index contributed by atoms with van der Waals surface area (Å²) in [6, 6.07) is 17.2. The van der Waals surface area contributed by atoms with Gasteiger partial charge in [-0.15, -0.1) is 0 Å². The zero-order chi connectivity index (χ0) is 17.9. The second-order valence-corrected chi connectivity index (χ2v) is 5.79. The van der Waals surface area contributed by atoms with Gasteiger partial charge < -0.3 is 9.15 Å². The van der Waals surface area contributed by atoms with Crippen molar-refractivity contribution < 1.29 is 13.9 Å². The van der Waals surface area contributed by atoms with Gasteiger partial charge in [-0.25, -0.2) is 9.78 Å². The van der Waals surface area contributed by atoms with E-state index in [1.165, 1.54) is 0 Å². The topological polar surface area (TPSA) is 77.3 Å². The predicted octanol–water partition coefficient (Wildman–Crippen LogP) is 5.15. The fraction of sp³-hybridized carbons (Fsp3) is 0. The van der Waals surface area contributed by atoms with E-state index in [-0.39, 0.29) is 0 Å². The zero-order valence-corrected chi connectivity index (χ0v) is 14.1. The van der Waals surface area contributed by atoms with E-state index in [0.717, 1.165) is 0 Å². The van der Waals surface area contributed by atoms with Crippen molar-refractivity contribution in [2.45, 2.75) is 0 Å². The van der Waals surface area contributed by atoms with Crippen LogP contribution in [0, 0.1) is 0 Å². The highest BCUT2D eigenvalue weighted by molar-refractivity contribution is 6.30. The van der Waals surface area contributed by atoms with E-state index in [1.807, 2.05) is 6.07 Å². The monoisotopic (exact) mass is 365 g/mol. The third kappa shape index (κ3) is 3.36. The van der Waals surface area contributed by atoms with E-state index in [0.29, 0.717) is 39.1 Å². The standard InChI is InChI=1S/C19H12ClN3O3/c20-12-7-9-13(10-8-12)25-19(24)22-15-5-2-1-4-14(15)18-23-17-16(26-18)6-3-11-21-17/h1-11H,(H,22,24). The van der Waals surface area contributed by atoms with Crippen molar-refractivity contribution in [2.75, 3.05) is 5.32 Å². The molecule has 2 aromatic heterocycles. The van der Waals surface area contributed by atoms with Gasteiger partial charge in [0.2, 0.25) is 5.89 Å². The Hall–Kier alpha value is -3.38. The fourth-order valence-electron chi connectivity index (χ4n) is 2.41. The van der Waals surface area contributed by atoms with Gasteiger partial charge in [0.05, 0.1) is 11.3 Å². The number of oxazole rings is 1. The van der Waals surface area contributed by atoms with Gasteiger partial charge in [0.1, 0.15) is 5.75 Å². The Bertz CT molecular complexity index is 1040. The van der Waals surface area contributed by atoms with Gasteiger partial charge in [0.15, 0.2) is 11.2 Å². The van der Waals surface area contributed by atoms with Crippen molar-refractivity contribution in [2.24, 2.45) is 0 Å². The minimum absolute atomic E-state index is 0.362.